The Morgan fingerprint density at radius 1 is 1.00 bits per heavy atom. The summed E-state index contributed by atoms with van der Waals surface area (Å²) in [5.74, 6) is 2.14. The van der Waals surface area contributed by atoms with E-state index >= 15 is 0 Å². The molecule has 0 bridgehead atoms. The highest BCUT2D eigenvalue weighted by Gasteiger charge is 2.36. The summed E-state index contributed by atoms with van der Waals surface area (Å²) in [7, 11) is 0. The third-order valence-electron chi connectivity index (χ3n) is 5.11. The molecule has 0 amide bonds. The fourth-order valence-electron chi connectivity index (χ4n) is 3.58. The molecule has 4 heteroatoms. The SMILES string of the molecule is N[C@]1(CO)CC[C@H](c2ccc(-c3ccc(Oc4ccccc4)cc3)s2)C1. The highest BCUT2D eigenvalue weighted by atomic mass is 32.1. The van der Waals surface area contributed by atoms with Gasteiger partial charge in [0.25, 0.3) is 0 Å². The number of hydrogen-bond acceptors (Lipinski definition) is 4. The lowest BCUT2D eigenvalue weighted by Crippen LogP contribution is -2.40. The van der Waals surface area contributed by atoms with Gasteiger partial charge in [0, 0.05) is 15.3 Å². The van der Waals surface area contributed by atoms with Gasteiger partial charge in [-0.1, -0.05) is 18.2 Å². The van der Waals surface area contributed by atoms with Gasteiger partial charge in [-0.3, -0.25) is 0 Å². The van der Waals surface area contributed by atoms with Gasteiger partial charge in [0.2, 0.25) is 0 Å². The van der Waals surface area contributed by atoms with Crippen LogP contribution in [0.1, 0.15) is 30.1 Å². The minimum Gasteiger partial charge on any atom is -0.457 e. The van der Waals surface area contributed by atoms with E-state index in [9.17, 15) is 5.11 Å². The maximum Gasteiger partial charge on any atom is 0.127 e. The average Bonchev–Trinajstić information content (AvgIpc) is 3.31. The number of aliphatic hydroxyl groups is 1. The Morgan fingerprint density at radius 2 is 1.73 bits per heavy atom. The third kappa shape index (κ3) is 3.68. The minimum absolute atomic E-state index is 0.0740. The van der Waals surface area contributed by atoms with Crippen LogP contribution in [0.5, 0.6) is 11.5 Å². The Balaban J connectivity index is 1.46. The zero-order valence-electron chi connectivity index (χ0n) is 14.6. The highest BCUT2D eigenvalue weighted by Crippen LogP contribution is 2.43. The number of ether oxygens (including phenoxy) is 1. The molecule has 1 aliphatic rings. The fourth-order valence-corrected chi connectivity index (χ4v) is 4.73. The van der Waals surface area contributed by atoms with Gasteiger partial charge in [-0.15, -0.1) is 11.3 Å². The molecule has 0 spiro atoms. The molecular formula is C22H23NO2S. The van der Waals surface area contributed by atoms with Crippen molar-refractivity contribution in [3.05, 3.63) is 71.6 Å². The Bertz CT molecular complexity index is 859. The van der Waals surface area contributed by atoms with Crippen LogP contribution in [0.3, 0.4) is 0 Å². The van der Waals surface area contributed by atoms with Crippen LogP contribution < -0.4 is 10.5 Å². The molecule has 3 aromatic rings. The van der Waals surface area contributed by atoms with Crippen molar-refractivity contribution in [2.24, 2.45) is 5.73 Å². The summed E-state index contributed by atoms with van der Waals surface area (Å²) in [6.45, 7) is 0.0740. The molecule has 0 unspecified atom stereocenters. The zero-order valence-corrected chi connectivity index (χ0v) is 15.4. The first-order valence-electron chi connectivity index (χ1n) is 8.98. The van der Waals surface area contributed by atoms with Crippen molar-refractivity contribution >= 4 is 11.3 Å². The topological polar surface area (TPSA) is 55.5 Å². The molecule has 1 aromatic heterocycles. The van der Waals surface area contributed by atoms with Crippen molar-refractivity contribution in [1.29, 1.82) is 0 Å². The van der Waals surface area contributed by atoms with Crippen molar-refractivity contribution < 1.29 is 9.84 Å². The Hall–Kier alpha value is -2.14. The Morgan fingerprint density at radius 3 is 2.42 bits per heavy atom. The van der Waals surface area contributed by atoms with E-state index in [1.807, 2.05) is 53.8 Å². The summed E-state index contributed by atoms with van der Waals surface area (Å²) in [4.78, 5) is 2.62. The van der Waals surface area contributed by atoms with Crippen LogP contribution in [-0.2, 0) is 0 Å². The molecule has 4 rings (SSSR count). The molecule has 3 nitrogen and oxygen atoms in total. The van der Waals surface area contributed by atoms with E-state index in [1.54, 1.807) is 0 Å². The van der Waals surface area contributed by atoms with Gasteiger partial charge in [0.15, 0.2) is 0 Å². The number of para-hydroxylation sites is 1. The van der Waals surface area contributed by atoms with E-state index in [0.717, 1.165) is 30.8 Å². The highest BCUT2D eigenvalue weighted by molar-refractivity contribution is 7.15. The molecule has 2 aromatic carbocycles. The lowest BCUT2D eigenvalue weighted by Gasteiger charge is -2.20. The second-order valence-electron chi connectivity index (χ2n) is 7.10. The standard InChI is InChI=1S/C22H23NO2S/c23-22(15-24)13-12-17(14-22)21-11-10-20(26-21)16-6-8-19(9-7-16)25-18-4-2-1-3-5-18/h1-11,17,24H,12-15,23H2/t17-,22+/m0/s1. The summed E-state index contributed by atoms with van der Waals surface area (Å²) in [6, 6.07) is 22.4. The smallest absolute Gasteiger partial charge is 0.127 e. The minimum atomic E-state index is -0.398. The number of thiophene rings is 1. The second-order valence-corrected chi connectivity index (χ2v) is 8.22. The quantitative estimate of drug-likeness (QED) is 0.656. The summed E-state index contributed by atoms with van der Waals surface area (Å²) in [6.07, 6.45) is 2.82. The molecule has 26 heavy (non-hydrogen) atoms. The van der Waals surface area contributed by atoms with Gasteiger partial charge in [-0.05, 0) is 79.3 Å². The number of rotatable bonds is 5. The molecule has 0 saturated heterocycles. The molecular weight excluding hydrogens is 342 g/mol. The summed E-state index contributed by atoms with van der Waals surface area (Å²) >= 11 is 1.83. The van der Waals surface area contributed by atoms with Crippen molar-refractivity contribution in [3.63, 3.8) is 0 Å². The van der Waals surface area contributed by atoms with Crippen LogP contribution in [0.2, 0.25) is 0 Å². The maximum atomic E-state index is 9.47. The Labute approximate surface area is 158 Å². The van der Waals surface area contributed by atoms with E-state index in [1.165, 1.54) is 15.3 Å². The van der Waals surface area contributed by atoms with Crippen molar-refractivity contribution in [3.8, 4) is 21.9 Å². The molecule has 134 valence electrons. The van der Waals surface area contributed by atoms with Crippen molar-refractivity contribution in [2.45, 2.75) is 30.7 Å². The average molecular weight is 365 g/mol. The molecule has 1 saturated carbocycles. The fraction of sp³-hybridized carbons (Fsp3) is 0.273. The van der Waals surface area contributed by atoms with E-state index in [-0.39, 0.29) is 6.61 Å². The number of hydrogen-bond donors (Lipinski definition) is 2. The first kappa shape index (κ1) is 17.3. The lowest BCUT2D eigenvalue weighted by molar-refractivity contribution is 0.198. The number of nitrogens with two attached hydrogens (primary N) is 1. The molecule has 2 atom stereocenters. The van der Waals surface area contributed by atoms with Gasteiger partial charge in [0.1, 0.15) is 11.5 Å². The monoisotopic (exact) mass is 365 g/mol. The summed E-state index contributed by atoms with van der Waals surface area (Å²) in [5, 5.41) is 9.47. The predicted octanol–water partition coefficient (Wildman–Crippen LogP) is 5.16. The summed E-state index contributed by atoms with van der Waals surface area (Å²) in [5.41, 5.74) is 7.02. The van der Waals surface area contributed by atoms with Crippen molar-refractivity contribution in [2.75, 3.05) is 6.61 Å². The predicted molar refractivity (Wildman–Crippen MR) is 107 cm³/mol. The Kier molecular flexibility index (Phi) is 4.81. The summed E-state index contributed by atoms with van der Waals surface area (Å²) < 4.78 is 5.86. The van der Waals surface area contributed by atoms with Crippen molar-refractivity contribution in [1.82, 2.24) is 0 Å². The van der Waals surface area contributed by atoms with E-state index in [0.29, 0.717) is 5.92 Å². The van der Waals surface area contributed by atoms with Gasteiger partial charge >= 0.3 is 0 Å². The van der Waals surface area contributed by atoms with Crippen LogP contribution in [-0.4, -0.2) is 17.3 Å². The van der Waals surface area contributed by atoms with Gasteiger partial charge in [-0.2, -0.15) is 0 Å². The first-order chi connectivity index (χ1) is 12.6. The van der Waals surface area contributed by atoms with Crippen LogP contribution in [0.4, 0.5) is 0 Å². The molecule has 1 heterocycles. The maximum absolute atomic E-state index is 9.47. The van der Waals surface area contributed by atoms with Gasteiger partial charge < -0.3 is 15.6 Å². The van der Waals surface area contributed by atoms with E-state index in [4.69, 9.17) is 10.5 Å². The van der Waals surface area contributed by atoms with E-state index in [2.05, 4.69) is 24.3 Å². The second kappa shape index (κ2) is 7.23. The van der Waals surface area contributed by atoms with Crippen LogP contribution >= 0.6 is 11.3 Å². The molecule has 0 radical (unpaired) electrons. The van der Waals surface area contributed by atoms with Gasteiger partial charge in [0.05, 0.1) is 6.61 Å². The third-order valence-corrected chi connectivity index (χ3v) is 6.40. The molecule has 1 aliphatic carbocycles. The van der Waals surface area contributed by atoms with Crippen LogP contribution in [0.25, 0.3) is 10.4 Å². The molecule has 0 aliphatic heterocycles. The lowest BCUT2D eigenvalue weighted by atomic mass is 9.98. The molecule has 1 fully saturated rings. The van der Waals surface area contributed by atoms with Crippen LogP contribution in [0.15, 0.2) is 66.7 Å². The zero-order chi connectivity index (χ0) is 18.0. The van der Waals surface area contributed by atoms with E-state index < -0.39 is 5.54 Å². The number of benzene rings is 2. The first-order valence-corrected chi connectivity index (χ1v) is 9.80. The van der Waals surface area contributed by atoms with Crippen LogP contribution in [0, 0.1) is 0 Å². The van der Waals surface area contributed by atoms with Gasteiger partial charge in [-0.25, -0.2) is 0 Å². The molecule has 3 N–H and O–H groups in total. The number of aliphatic hydroxyl groups excluding tert-OH is 1. The largest absolute Gasteiger partial charge is 0.457 e. The normalized spacial score (nSPS) is 22.5.